The molecule has 0 spiro atoms. The minimum absolute atomic E-state index is 0.0699. The monoisotopic (exact) mass is 168 g/mol. The SMILES string of the molecule is NCCn1[nH]c2c(c1=O)CNC2. The predicted octanol–water partition coefficient (Wildman–Crippen LogP) is -1.26. The van der Waals surface area contributed by atoms with Crippen molar-refractivity contribution in [3.63, 3.8) is 0 Å². The lowest BCUT2D eigenvalue weighted by molar-refractivity contribution is 0.583. The molecule has 1 aromatic rings. The average molecular weight is 168 g/mol. The zero-order valence-corrected chi connectivity index (χ0v) is 6.76. The molecule has 4 N–H and O–H groups in total. The highest BCUT2D eigenvalue weighted by molar-refractivity contribution is 5.20. The third kappa shape index (κ3) is 0.981. The minimum Gasteiger partial charge on any atom is -0.329 e. The third-order valence-corrected chi connectivity index (χ3v) is 2.09. The molecule has 66 valence electrons. The van der Waals surface area contributed by atoms with Crippen molar-refractivity contribution < 1.29 is 0 Å². The van der Waals surface area contributed by atoms with Crippen molar-refractivity contribution >= 4 is 0 Å². The van der Waals surface area contributed by atoms with Gasteiger partial charge >= 0.3 is 0 Å². The van der Waals surface area contributed by atoms with E-state index in [1.54, 1.807) is 4.68 Å². The van der Waals surface area contributed by atoms with Gasteiger partial charge in [-0.05, 0) is 0 Å². The van der Waals surface area contributed by atoms with Gasteiger partial charge in [0.15, 0.2) is 0 Å². The Bertz CT molecular complexity index is 338. The number of nitrogens with one attached hydrogen (secondary N) is 2. The fourth-order valence-corrected chi connectivity index (χ4v) is 1.50. The number of hydrogen-bond donors (Lipinski definition) is 3. The summed E-state index contributed by atoms with van der Waals surface area (Å²) in [5, 5.41) is 6.13. The van der Waals surface area contributed by atoms with Crippen molar-refractivity contribution in [3.8, 4) is 0 Å². The molecule has 5 nitrogen and oxygen atoms in total. The Morgan fingerprint density at radius 1 is 1.50 bits per heavy atom. The van der Waals surface area contributed by atoms with Crippen molar-refractivity contribution in [3.05, 3.63) is 21.6 Å². The number of fused-ring (bicyclic) bond motifs is 1. The molecule has 0 amide bonds. The fraction of sp³-hybridized carbons (Fsp3) is 0.571. The number of nitrogens with zero attached hydrogens (tertiary/aromatic N) is 1. The van der Waals surface area contributed by atoms with Gasteiger partial charge in [0.25, 0.3) is 5.56 Å². The van der Waals surface area contributed by atoms with Gasteiger partial charge in [-0.15, -0.1) is 0 Å². The Kier molecular flexibility index (Phi) is 1.74. The predicted molar refractivity (Wildman–Crippen MR) is 44.7 cm³/mol. The molecule has 0 unspecified atom stereocenters. The van der Waals surface area contributed by atoms with Crippen LogP contribution in [-0.2, 0) is 19.6 Å². The first-order valence-corrected chi connectivity index (χ1v) is 4.04. The molecule has 12 heavy (non-hydrogen) atoms. The van der Waals surface area contributed by atoms with Gasteiger partial charge in [0, 0.05) is 19.6 Å². The molecule has 2 rings (SSSR count). The lowest BCUT2D eigenvalue weighted by Crippen LogP contribution is -2.24. The van der Waals surface area contributed by atoms with Gasteiger partial charge in [0.05, 0.1) is 17.8 Å². The van der Waals surface area contributed by atoms with E-state index in [0.29, 0.717) is 19.6 Å². The molecule has 0 atom stereocenters. The van der Waals surface area contributed by atoms with Crippen molar-refractivity contribution in [1.29, 1.82) is 0 Å². The lowest BCUT2D eigenvalue weighted by Gasteiger charge is -1.98. The zero-order valence-electron chi connectivity index (χ0n) is 6.76. The maximum atomic E-state index is 11.5. The van der Waals surface area contributed by atoms with Gasteiger partial charge in [-0.2, -0.15) is 0 Å². The maximum absolute atomic E-state index is 11.5. The fourth-order valence-electron chi connectivity index (χ4n) is 1.50. The van der Waals surface area contributed by atoms with Gasteiger partial charge in [-0.25, -0.2) is 0 Å². The quantitative estimate of drug-likeness (QED) is 0.516. The Labute approximate surface area is 69.5 Å². The number of rotatable bonds is 2. The summed E-state index contributed by atoms with van der Waals surface area (Å²) in [6, 6.07) is 0. The summed E-state index contributed by atoms with van der Waals surface area (Å²) < 4.78 is 1.57. The van der Waals surface area contributed by atoms with E-state index in [1.807, 2.05) is 0 Å². The summed E-state index contributed by atoms with van der Waals surface area (Å²) in [5.74, 6) is 0. The van der Waals surface area contributed by atoms with Gasteiger partial charge < -0.3 is 11.1 Å². The summed E-state index contributed by atoms with van der Waals surface area (Å²) in [6.07, 6.45) is 0. The smallest absolute Gasteiger partial charge is 0.271 e. The van der Waals surface area contributed by atoms with Crippen LogP contribution in [0.2, 0.25) is 0 Å². The van der Waals surface area contributed by atoms with Crippen LogP contribution in [0.5, 0.6) is 0 Å². The molecule has 1 aliphatic heterocycles. The average Bonchev–Trinajstić information content (AvgIpc) is 2.58. The van der Waals surface area contributed by atoms with E-state index in [1.165, 1.54) is 0 Å². The highest BCUT2D eigenvalue weighted by Crippen LogP contribution is 2.06. The first-order valence-electron chi connectivity index (χ1n) is 4.04. The van der Waals surface area contributed by atoms with E-state index in [4.69, 9.17) is 5.73 Å². The number of nitrogens with two attached hydrogens (primary N) is 1. The summed E-state index contributed by atoms with van der Waals surface area (Å²) in [7, 11) is 0. The standard InChI is InChI=1S/C7H12N4O/c8-1-2-11-7(12)5-3-9-4-6(5)10-11/h9-10H,1-4,8H2. The molecule has 0 saturated heterocycles. The Morgan fingerprint density at radius 3 is 3.00 bits per heavy atom. The van der Waals surface area contributed by atoms with Crippen LogP contribution in [0.3, 0.4) is 0 Å². The van der Waals surface area contributed by atoms with Crippen molar-refractivity contribution in [2.45, 2.75) is 19.6 Å². The van der Waals surface area contributed by atoms with Crippen LogP contribution < -0.4 is 16.6 Å². The first-order chi connectivity index (χ1) is 5.83. The largest absolute Gasteiger partial charge is 0.329 e. The number of aromatic nitrogens is 2. The molecule has 1 aromatic heterocycles. The molecular formula is C7H12N4O. The summed E-state index contributed by atoms with van der Waals surface area (Å²) >= 11 is 0. The van der Waals surface area contributed by atoms with Gasteiger partial charge in [-0.3, -0.25) is 14.6 Å². The molecule has 0 bridgehead atoms. The lowest BCUT2D eigenvalue weighted by atomic mass is 10.3. The molecule has 0 fully saturated rings. The second kappa shape index (κ2) is 2.76. The van der Waals surface area contributed by atoms with E-state index < -0.39 is 0 Å². The number of H-pyrrole nitrogens is 1. The second-order valence-electron chi connectivity index (χ2n) is 2.92. The summed E-state index contributed by atoms with van der Waals surface area (Å²) in [4.78, 5) is 11.5. The normalized spacial score (nSPS) is 15.1. The van der Waals surface area contributed by atoms with Crippen LogP contribution in [-0.4, -0.2) is 16.3 Å². The van der Waals surface area contributed by atoms with E-state index in [-0.39, 0.29) is 5.56 Å². The van der Waals surface area contributed by atoms with Crippen LogP contribution >= 0.6 is 0 Å². The van der Waals surface area contributed by atoms with Crippen LogP contribution in [0, 0.1) is 0 Å². The molecule has 5 heteroatoms. The topological polar surface area (TPSA) is 75.8 Å². The summed E-state index contributed by atoms with van der Waals surface area (Å²) in [6.45, 7) is 2.52. The Balaban J connectivity index is 2.41. The Morgan fingerprint density at radius 2 is 2.33 bits per heavy atom. The van der Waals surface area contributed by atoms with E-state index >= 15 is 0 Å². The third-order valence-electron chi connectivity index (χ3n) is 2.09. The van der Waals surface area contributed by atoms with E-state index in [0.717, 1.165) is 17.8 Å². The molecule has 0 saturated carbocycles. The molecule has 1 aliphatic rings. The van der Waals surface area contributed by atoms with Crippen LogP contribution in [0.1, 0.15) is 11.3 Å². The van der Waals surface area contributed by atoms with Crippen LogP contribution in [0.15, 0.2) is 4.79 Å². The highest BCUT2D eigenvalue weighted by atomic mass is 16.1. The van der Waals surface area contributed by atoms with Crippen molar-refractivity contribution in [1.82, 2.24) is 15.1 Å². The van der Waals surface area contributed by atoms with Gasteiger partial charge in [-0.1, -0.05) is 0 Å². The maximum Gasteiger partial charge on any atom is 0.271 e. The zero-order chi connectivity index (χ0) is 8.55. The molecular weight excluding hydrogens is 156 g/mol. The van der Waals surface area contributed by atoms with Crippen LogP contribution in [0.4, 0.5) is 0 Å². The first kappa shape index (κ1) is 7.57. The summed E-state index contributed by atoms with van der Waals surface area (Å²) in [5.41, 5.74) is 7.29. The van der Waals surface area contributed by atoms with E-state index in [2.05, 4.69) is 10.4 Å². The van der Waals surface area contributed by atoms with Crippen LogP contribution in [0.25, 0.3) is 0 Å². The number of aromatic amines is 1. The molecule has 0 aliphatic carbocycles. The molecule has 0 radical (unpaired) electrons. The van der Waals surface area contributed by atoms with Gasteiger partial charge in [0.1, 0.15) is 0 Å². The highest BCUT2D eigenvalue weighted by Gasteiger charge is 2.17. The van der Waals surface area contributed by atoms with Gasteiger partial charge in [0.2, 0.25) is 0 Å². The number of hydrogen-bond acceptors (Lipinski definition) is 3. The second-order valence-corrected chi connectivity index (χ2v) is 2.92. The molecule has 0 aromatic carbocycles. The van der Waals surface area contributed by atoms with Crippen molar-refractivity contribution in [2.75, 3.05) is 6.54 Å². The van der Waals surface area contributed by atoms with E-state index in [9.17, 15) is 4.79 Å². The minimum atomic E-state index is 0.0699. The molecule has 2 heterocycles. The Hall–Kier alpha value is -1.07. The van der Waals surface area contributed by atoms with Crippen molar-refractivity contribution in [2.24, 2.45) is 5.73 Å².